The molecule has 0 spiro atoms. The van der Waals surface area contributed by atoms with Gasteiger partial charge in [-0.05, 0) is 5.92 Å². The van der Waals surface area contributed by atoms with Gasteiger partial charge in [0.25, 0.3) is 0 Å². The minimum atomic E-state index is -0.0602. The molecule has 0 aromatic rings. The molecule has 0 radical (unpaired) electrons. The largest absolute Gasteiger partial charge is 0.355 e. The first-order valence-electron chi connectivity index (χ1n) is 3.21. The average Bonchev–Trinajstić information content (AvgIpc) is 2.15. The van der Waals surface area contributed by atoms with Crippen LogP contribution in [0.25, 0.3) is 0 Å². The highest BCUT2D eigenvalue weighted by atomic mass is 32.1. The molecule has 1 aliphatic heterocycles. The fourth-order valence-electron chi connectivity index (χ4n) is 1.03. The highest BCUT2D eigenvalue weighted by Gasteiger charge is 2.29. The molecule has 9 heavy (non-hydrogen) atoms. The molecular weight excluding hydrogens is 134 g/mol. The fourth-order valence-corrected chi connectivity index (χ4v) is 1.44. The molecule has 1 saturated heterocycles. The summed E-state index contributed by atoms with van der Waals surface area (Å²) in [4.78, 5) is 10.8. The van der Waals surface area contributed by atoms with E-state index in [1.807, 2.05) is 0 Å². The van der Waals surface area contributed by atoms with E-state index < -0.39 is 0 Å². The lowest BCUT2D eigenvalue weighted by molar-refractivity contribution is -0.118. The van der Waals surface area contributed by atoms with Gasteiger partial charge in [0.05, 0.1) is 5.25 Å². The standard InChI is InChI=1S/C6H11NOS/c1-2-4-3-7-6(8)5(4)9/h4-5,9H,2-3H2,1H3,(H,7,8). The zero-order chi connectivity index (χ0) is 6.85. The number of nitrogens with one attached hydrogen (secondary N) is 1. The maximum atomic E-state index is 10.8. The Labute approximate surface area is 60.4 Å². The van der Waals surface area contributed by atoms with E-state index in [1.54, 1.807) is 0 Å². The van der Waals surface area contributed by atoms with Crippen molar-refractivity contribution in [3.05, 3.63) is 0 Å². The van der Waals surface area contributed by atoms with Crippen LogP contribution >= 0.6 is 12.6 Å². The van der Waals surface area contributed by atoms with Crippen LogP contribution < -0.4 is 5.32 Å². The van der Waals surface area contributed by atoms with Crippen LogP contribution in [0.1, 0.15) is 13.3 Å². The summed E-state index contributed by atoms with van der Waals surface area (Å²) in [6, 6.07) is 0. The number of carbonyl (C=O) groups is 1. The van der Waals surface area contributed by atoms with Gasteiger partial charge in [0.2, 0.25) is 5.91 Å². The third kappa shape index (κ3) is 1.21. The van der Waals surface area contributed by atoms with Crippen LogP contribution in [0.4, 0.5) is 0 Å². The van der Waals surface area contributed by atoms with Crippen molar-refractivity contribution in [2.24, 2.45) is 5.92 Å². The molecule has 1 fully saturated rings. The van der Waals surface area contributed by atoms with Crippen molar-refractivity contribution in [3.63, 3.8) is 0 Å². The lowest BCUT2D eigenvalue weighted by atomic mass is 10.1. The van der Waals surface area contributed by atoms with Gasteiger partial charge >= 0.3 is 0 Å². The summed E-state index contributed by atoms with van der Waals surface area (Å²) in [7, 11) is 0. The molecule has 1 rings (SSSR count). The molecule has 0 saturated carbocycles. The van der Waals surface area contributed by atoms with Crippen molar-refractivity contribution in [1.82, 2.24) is 5.32 Å². The zero-order valence-electron chi connectivity index (χ0n) is 5.42. The molecule has 2 atom stereocenters. The van der Waals surface area contributed by atoms with Gasteiger partial charge in [0.1, 0.15) is 0 Å². The SMILES string of the molecule is CCC1CNC(=O)C1S. The van der Waals surface area contributed by atoms with Gasteiger partial charge < -0.3 is 5.32 Å². The van der Waals surface area contributed by atoms with E-state index in [1.165, 1.54) is 0 Å². The number of hydrogen-bond acceptors (Lipinski definition) is 2. The molecule has 52 valence electrons. The quantitative estimate of drug-likeness (QED) is 0.515. The Morgan fingerprint density at radius 3 is 2.78 bits per heavy atom. The van der Waals surface area contributed by atoms with Crippen LogP contribution in [0.2, 0.25) is 0 Å². The molecule has 3 heteroatoms. The van der Waals surface area contributed by atoms with Crippen molar-refractivity contribution in [2.45, 2.75) is 18.6 Å². The van der Waals surface area contributed by atoms with Crippen LogP contribution in [0.15, 0.2) is 0 Å². The summed E-state index contributed by atoms with van der Waals surface area (Å²) in [5.41, 5.74) is 0. The van der Waals surface area contributed by atoms with Crippen molar-refractivity contribution in [2.75, 3.05) is 6.54 Å². The fraction of sp³-hybridized carbons (Fsp3) is 0.833. The van der Waals surface area contributed by atoms with Gasteiger partial charge in [0, 0.05) is 6.54 Å². The number of hydrogen-bond donors (Lipinski definition) is 2. The van der Waals surface area contributed by atoms with E-state index in [-0.39, 0.29) is 11.2 Å². The van der Waals surface area contributed by atoms with Crippen molar-refractivity contribution in [1.29, 1.82) is 0 Å². The summed E-state index contributed by atoms with van der Waals surface area (Å²) >= 11 is 4.15. The van der Waals surface area contributed by atoms with Crippen LogP contribution in [-0.4, -0.2) is 17.7 Å². The summed E-state index contributed by atoms with van der Waals surface area (Å²) in [6.07, 6.45) is 1.03. The lowest BCUT2D eigenvalue weighted by Crippen LogP contribution is -2.19. The molecule has 2 nitrogen and oxygen atoms in total. The molecule has 1 aliphatic rings. The van der Waals surface area contributed by atoms with E-state index in [0.29, 0.717) is 5.92 Å². The molecule has 1 heterocycles. The van der Waals surface area contributed by atoms with E-state index in [2.05, 4.69) is 24.9 Å². The number of amides is 1. The predicted molar refractivity (Wildman–Crippen MR) is 39.6 cm³/mol. The Morgan fingerprint density at radius 2 is 2.56 bits per heavy atom. The second kappa shape index (κ2) is 2.60. The van der Waals surface area contributed by atoms with Gasteiger partial charge in [0.15, 0.2) is 0 Å². The Balaban J connectivity index is 2.51. The van der Waals surface area contributed by atoms with Crippen LogP contribution in [0.3, 0.4) is 0 Å². The van der Waals surface area contributed by atoms with Gasteiger partial charge in [-0.3, -0.25) is 4.79 Å². The van der Waals surface area contributed by atoms with Crippen LogP contribution in [0, 0.1) is 5.92 Å². The molecule has 0 aliphatic carbocycles. The molecule has 2 unspecified atom stereocenters. The summed E-state index contributed by atoms with van der Waals surface area (Å²) in [6.45, 7) is 2.89. The second-order valence-corrected chi connectivity index (χ2v) is 2.91. The minimum absolute atomic E-state index is 0.0602. The minimum Gasteiger partial charge on any atom is -0.355 e. The molecule has 1 amide bonds. The van der Waals surface area contributed by atoms with Crippen molar-refractivity contribution >= 4 is 18.5 Å². The first-order chi connectivity index (χ1) is 4.25. The van der Waals surface area contributed by atoms with Gasteiger partial charge in [-0.15, -0.1) is 0 Å². The summed E-state index contributed by atoms with van der Waals surface area (Å²) in [5.74, 6) is 0.533. The number of rotatable bonds is 1. The molecule has 0 aromatic heterocycles. The smallest absolute Gasteiger partial charge is 0.233 e. The Kier molecular flexibility index (Phi) is 2.01. The van der Waals surface area contributed by atoms with E-state index in [4.69, 9.17) is 0 Å². The first kappa shape index (κ1) is 6.93. The third-order valence-electron chi connectivity index (χ3n) is 1.78. The molecule has 0 aromatic carbocycles. The van der Waals surface area contributed by atoms with E-state index in [9.17, 15) is 4.79 Å². The van der Waals surface area contributed by atoms with Gasteiger partial charge in [-0.2, -0.15) is 12.6 Å². The maximum absolute atomic E-state index is 10.8. The van der Waals surface area contributed by atoms with Crippen molar-refractivity contribution < 1.29 is 4.79 Å². The van der Waals surface area contributed by atoms with Gasteiger partial charge in [-0.1, -0.05) is 13.3 Å². The summed E-state index contributed by atoms with van der Waals surface area (Å²) < 4.78 is 0. The monoisotopic (exact) mass is 145 g/mol. The zero-order valence-corrected chi connectivity index (χ0v) is 6.32. The van der Waals surface area contributed by atoms with E-state index >= 15 is 0 Å². The number of carbonyl (C=O) groups excluding carboxylic acids is 1. The van der Waals surface area contributed by atoms with Crippen LogP contribution in [-0.2, 0) is 4.79 Å². The van der Waals surface area contributed by atoms with Gasteiger partial charge in [-0.25, -0.2) is 0 Å². The van der Waals surface area contributed by atoms with Crippen molar-refractivity contribution in [3.8, 4) is 0 Å². The van der Waals surface area contributed by atoms with Crippen LogP contribution in [0.5, 0.6) is 0 Å². The Morgan fingerprint density at radius 1 is 1.89 bits per heavy atom. The van der Waals surface area contributed by atoms with E-state index in [0.717, 1.165) is 13.0 Å². The lowest BCUT2D eigenvalue weighted by Gasteiger charge is -2.05. The maximum Gasteiger partial charge on any atom is 0.233 e. The normalized spacial score (nSPS) is 34.7. The topological polar surface area (TPSA) is 29.1 Å². The first-order valence-corrected chi connectivity index (χ1v) is 3.73. The molecule has 1 N–H and O–H groups in total. The Bertz CT molecular complexity index is 126. The Hall–Kier alpha value is -0.180. The predicted octanol–water partition coefficient (Wildman–Crippen LogP) is 0.441. The molecule has 0 bridgehead atoms. The summed E-state index contributed by atoms with van der Waals surface area (Å²) in [5, 5.41) is 2.69. The highest BCUT2D eigenvalue weighted by Crippen LogP contribution is 2.18. The second-order valence-electron chi connectivity index (χ2n) is 2.36. The number of thiol groups is 1. The average molecular weight is 145 g/mol. The molecular formula is C6H11NOS. The third-order valence-corrected chi connectivity index (χ3v) is 2.43. The highest BCUT2D eigenvalue weighted by molar-refractivity contribution is 7.81.